The van der Waals surface area contributed by atoms with E-state index < -0.39 is 0 Å². The lowest BCUT2D eigenvalue weighted by Crippen LogP contribution is -2.12. The summed E-state index contributed by atoms with van der Waals surface area (Å²) in [4.78, 5) is 0. The minimum Gasteiger partial charge on any atom is -0.472 e. The summed E-state index contributed by atoms with van der Waals surface area (Å²) in [6.07, 6.45) is 3.49. The fourth-order valence-corrected chi connectivity index (χ4v) is 2.27. The van der Waals surface area contributed by atoms with Crippen LogP contribution >= 0.6 is 0 Å². The summed E-state index contributed by atoms with van der Waals surface area (Å²) in [5.74, 6) is 0. The fourth-order valence-electron chi connectivity index (χ4n) is 2.27. The maximum atomic E-state index is 5.04. The highest BCUT2D eigenvalue weighted by Crippen LogP contribution is 2.14. The molecule has 17 heavy (non-hydrogen) atoms. The van der Waals surface area contributed by atoms with E-state index in [4.69, 9.17) is 4.42 Å². The molecular weight excluding hydrogens is 212 g/mol. The molecule has 0 aliphatic heterocycles. The molecule has 2 rings (SSSR count). The zero-order chi connectivity index (χ0) is 12.3. The molecule has 2 aromatic heterocycles. The van der Waals surface area contributed by atoms with Gasteiger partial charge in [-0.05, 0) is 38.5 Å². The molecule has 0 fully saturated rings. The molecule has 0 atom stereocenters. The number of aryl methyl sites for hydroxylation is 1. The van der Waals surface area contributed by atoms with Crippen LogP contribution in [-0.2, 0) is 19.6 Å². The highest BCUT2D eigenvalue weighted by Gasteiger charge is 2.06. The maximum absolute atomic E-state index is 5.04. The van der Waals surface area contributed by atoms with E-state index in [0.29, 0.717) is 0 Å². The van der Waals surface area contributed by atoms with Crippen LogP contribution in [-0.4, -0.2) is 4.57 Å². The average molecular weight is 232 g/mol. The van der Waals surface area contributed by atoms with Crippen LogP contribution in [0.5, 0.6) is 0 Å². The zero-order valence-electron chi connectivity index (χ0n) is 10.8. The van der Waals surface area contributed by atoms with E-state index >= 15 is 0 Å². The van der Waals surface area contributed by atoms with Gasteiger partial charge >= 0.3 is 0 Å². The monoisotopic (exact) mass is 232 g/mol. The molecule has 0 bridgehead atoms. The second-order valence-electron chi connectivity index (χ2n) is 4.38. The molecule has 2 heterocycles. The summed E-state index contributed by atoms with van der Waals surface area (Å²) in [6, 6.07) is 4.25. The van der Waals surface area contributed by atoms with E-state index in [1.165, 1.54) is 22.5 Å². The van der Waals surface area contributed by atoms with E-state index in [9.17, 15) is 0 Å². The van der Waals surface area contributed by atoms with Crippen LogP contribution in [0, 0.1) is 13.8 Å². The summed E-state index contributed by atoms with van der Waals surface area (Å²) in [5.41, 5.74) is 5.27. The minimum absolute atomic E-state index is 0.853. The van der Waals surface area contributed by atoms with Crippen LogP contribution in [0.3, 0.4) is 0 Å². The van der Waals surface area contributed by atoms with Crippen LogP contribution in [0.25, 0.3) is 0 Å². The molecule has 3 heteroatoms. The first-order valence-electron chi connectivity index (χ1n) is 6.09. The Balaban J connectivity index is 1.95. The molecule has 0 spiro atoms. The molecule has 0 saturated carbocycles. The van der Waals surface area contributed by atoms with Crippen molar-refractivity contribution in [1.82, 2.24) is 9.88 Å². The molecule has 0 unspecified atom stereocenters. The van der Waals surface area contributed by atoms with Gasteiger partial charge in [0, 0.05) is 36.6 Å². The normalized spacial score (nSPS) is 11.0. The molecule has 0 radical (unpaired) electrons. The third-order valence-corrected chi connectivity index (χ3v) is 3.22. The van der Waals surface area contributed by atoms with Crippen molar-refractivity contribution < 1.29 is 4.42 Å². The summed E-state index contributed by atoms with van der Waals surface area (Å²) in [7, 11) is 0. The van der Waals surface area contributed by atoms with Crippen LogP contribution in [0.15, 0.2) is 29.1 Å². The van der Waals surface area contributed by atoms with E-state index in [1.807, 2.05) is 6.07 Å². The van der Waals surface area contributed by atoms with Gasteiger partial charge < -0.3 is 14.3 Å². The second-order valence-corrected chi connectivity index (χ2v) is 4.38. The first-order chi connectivity index (χ1) is 8.22. The molecular formula is C14H20N2O. The Hall–Kier alpha value is -1.48. The highest BCUT2D eigenvalue weighted by molar-refractivity contribution is 5.26. The van der Waals surface area contributed by atoms with Crippen LogP contribution < -0.4 is 5.32 Å². The number of rotatable bonds is 5. The van der Waals surface area contributed by atoms with Crippen LogP contribution in [0.4, 0.5) is 0 Å². The van der Waals surface area contributed by atoms with Gasteiger partial charge in [0.2, 0.25) is 0 Å². The predicted octanol–water partition coefficient (Wildman–Crippen LogP) is 3.01. The number of furan rings is 1. The first kappa shape index (κ1) is 12.0. The summed E-state index contributed by atoms with van der Waals surface area (Å²) in [6.45, 7) is 9.33. The van der Waals surface area contributed by atoms with Crippen molar-refractivity contribution >= 4 is 0 Å². The van der Waals surface area contributed by atoms with Gasteiger partial charge in [0.15, 0.2) is 0 Å². The van der Waals surface area contributed by atoms with Gasteiger partial charge in [-0.2, -0.15) is 0 Å². The van der Waals surface area contributed by atoms with Gasteiger partial charge in [0.1, 0.15) is 0 Å². The smallest absolute Gasteiger partial charge is 0.0947 e. The third kappa shape index (κ3) is 2.61. The highest BCUT2D eigenvalue weighted by atomic mass is 16.3. The Morgan fingerprint density at radius 1 is 1.29 bits per heavy atom. The first-order valence-corrected chi connectivity index (χ1v) is 6.09. The Morgan fingerprint density at radius 3 is 2.71 bits per heavy atom. The Labute approximate surface area is 102 Å². The van der Waals surface area contributed by atoms with E-state index in [0.717, 1.165) is 19.6 Å². The average Bonchev–Trinajstić information content (AvgIpc) is 2.89. The SMILES string of the molecule is CCn1c(C)cc(CNCc2ccoc2)c1C. The minimum atomic E-state index is 0.853. The third-order valence-electron chi connectivity index (χ3n) is 3.22. The molecule has 0 aliphatic carbocycles. The lowest BCUT2D eigenvalue weighted by molar-refractivity contribution is 0.560. The van der Waals surface area contributed by atoms with Gasteiger partial charge in [-0.15, -0.1) is 0 Å². The van der Waals surface area contributed by atoms with Crippen molar-refractivity contribution in [3.8, 4) is 0 Å². The molecule has 92 valence electrons. The number of aromatic nitrogens is 1. The molecule has 3 nitrogen and oxygen atoms in total. The van der Waals surface area contributed by atoms with Crippen molar-refractivity contribution in [1.29, 1.82) is 0 Å². The molecule has 0 aliphatic rings. The van der Waals surface area contributed by atoms with E-state index in [1.54, 1.807) is 12.5 Å². The largest absolute Gasteiger partial charge is 0.472 e. The zero-order valence-corrected chi connectivity index (χ0v) is 10.8. The van der Waals surface area contributed by atoms with Crippen molar-refractivity contribution in [2.75, 3.05) is 0 Å². The van der Waals surface area contributed by atoms with Crippen LogP contribution in [0.2, 0.25) is 0 Å². The summed E-state index contributed by atoms with van der Waals surface area (Å²) >= 11 is 0. The quantitative estimate of drug-likeness (QED) is 0.859. The van der Waals surface area contributed by atoms with Crippen molar-refractivity contribution in [2.45, 2.75) is 40.4 Å². The molecule has 1 N–H and O–H groups in total. The molecule has 0 saturated heterocycles. The van der Waals surface area contributed by atoms with E-state index in [-0.39, 0.29) is 0 Å². The number of nitrogens with one attached hydrogen (secondary N) is 1. The molecule has 2 aromatic rings. The Morgan fingerprint density at radius 2 is 2.12 bits per heavy atom. The van der Waals surface area contributed by atoms with Crippen LogP contribution in [0.1, 0.15) is 29.4 Å². The number of hydrogen-bond acceptors (Lipinski definition) is 2. The van der Waals surface area contributed by atoms with Gasteiger partial charge in [0.05, 0.1) is 12.5 Å². The number of hydrogen-bond donors (Lipinski definition) is 1. The Bertz CT molecular complexity index is 469. The number of nitrogens with zero attached hydrogens (tertiary/aromatic N) is 1. The van der Waals surface area contributed by atoms with Gasteiger partial charge in [-0.25, -0.2) is 0 Å². The maximum Gasteiger partial charge on any atom is 0.0947 e. The predicted molar refractivity (Wildman–Crippen MR) is 68.8 cm³/mol. The second kappa shape index (κ2) is 5.23. The standard InChI is InChI=1S/C14H20N2O/c1-4-16-11(2)7-14(12(16)3)9-15-8-13-5-6-17-10-13/h5-7,10,15H,4,8-9H2,1-3H3. The molecule has 0 amide bonds. The molecule has 0 aromatic carbocycles. The topological polar surface area (TPSA) is 30.1 Å². The Kier molecular flexibility index (Phi) is 3.69. The lowest BCUT2D eigenvalue weighted by Gasteiger charge is -2.06. The van der Waals surface area contributed by atoms with Crippen molar-refractivity contribution in [3.05, 3.63) is 47.2 Å². The van der Waals surface area contributed by atoms with Crippen molar-refractivity contribution in [3.63, 3.8) is 0 Å². The fraction of sp³-hybridized carbons (Fsp3) is 0.429. The van der Waals surface area contributed by atoms with Gasteiger partial charge in [0.25, 0.3) is 0 Å². The summed E-state index contributed by atoms with van der Waals surface area (Å²) in [5, 5.41) is 3.44. The van der Waals surface area contributed by atoms with Crippen molar-refractivity contribution in [2.24, 2.45) is 0 Å². The summed E-state index contributed by atoms with van der Waals surface area (Å²) < 4.78 is 7.38. The van der Waals surface area contributed by atoms with E-state index in [2.05, 4.69) is 36.7 Å². The van der Waals surface area contributed by atoms with Gasteiger partial charge in [-0.1, -0.05) is 0 Å². The lowest BCUT2D eigenvalue weighted by atomic mass is 10.2. The van der Waals surface area contributed by atoms with Gasteiger partial charge in [-0.3, -0.25) is 0 Å².